The summed E-state index contributed by atoms with van der Waals surface area (Å²) in [7, 11) is 1.45. The number of methoxy groups -OCH3 is 1. The summed E-state index contributed by atoms with van der Waals surface area (Å²) in [5.41, 5.74) is 2.70. The summed E-state index contributed by atoms with van der Waals surface area (Å²) in [6.45, 7) is 1.59. The molecule has 1 N–H and O–H groups in total. The van der Waals surface area contributed by atoms with Crippen LogP contribution < -0.4 is 14.8 Å². The summed E-state index contributed by atoms with van der Waals surface area (Å²) in [4.78, 5) is 39.1. The third kappa shape index (κ3) is 6.56. The van der Waals surface area contributed by atoms with Gasteiger partial charge in [-0.15, -0.1) is 0 Å². The van der Waals surface area contributed by atoms with Crippen molar-refractivity contribution in [3.8, 4) is 11.5 Å². The van der Waals surface area contributed by atoms with Crippen LogP contribution in [-0.4, -0.2) is 35.7 Å². The Bertz CT molecular complexity index is 1470. The Morgan fingerprint density at radius 1 is 1.18 bits per heavy atom. The topological polar surface area (TPSA) is 84.9 Å². The van der Waals surface area contributed by atoms with E-state index in [0.29, 0.717) is 32.8 Å². The van der Waals surface area contributed by atoms with E-state index in [1.54, 1.807) is 24.3 Å². The molecule has 3 amide bonds. The minimum absolute atomic E-state index is 0.0778. The summed E-state index contributed by atoms with van der Waals surface area (Å²) >= 11 is 10.3. The maximum absolute atomic E-state index is 13.3. The Labute approximate surface area is 236 Å². The molecule has 0 aromatic heterocycles. The van der Waals surface area contributed by atoms with Crippen molar-refractivity contribution in [1.82, 2.24) is 4.90 Å². The molecule has 0 atom stereocenters. The average molecular weight is 620 g/mol. The number of benzene rings is 3. The van der Waals surface area contributed by atoms with Crippen molar-refractivity contribution < 1.29 is 28.2 Å². The Morgan fingerprint density at radius 2 is 1.97 bits per heavy atom. The zero-order chi connectivity index (χ0) is 27.4. The maximum Gasteiger partial charge on any atom is 0.293 e. The van der Waals surface area contributed by atoms with Crippen molar-refractivity contribution in [3.63, 3.8) is 0 Å². The van der Waals surface area contributed by atoms with E-state index in [-0.39, 0.29) is 29.0 Å². The van der Waals surface area contributed by atoms with Crippen molar-refractivity contribution in [3.05, 3.63) is 91.5 Å². The predicted molar refractivity (Wildman–Crippen MR) is 149 cm³/mol. The first-order valence-corrected chi connectivity index (χ1v) is 13.2. The van der Waals surface area contributed by atoms with Gasteiger partial charge >= 0.3 is 0 Å². The standard InChI is InChI=1S/C27H21BrClFN2O5S/c1-15-4-3-5-19(8-15)31-24(33)14-37-25-20(28)9-16(10-22(25)36-2)11-23-26(34)32(27(35)38-23)13-17-6-7-18(30)12-21(17)29/h3-12H,13-14H2,1-2H3,(H,31,33)/b23-11-. The van der Waals surface area contributed by atoms with E-state index in [1.165, 1.54) is 19.2 Å². The zero-order valence-corrected chi connectivity index (χ0v) is 23.4. The van der Waals surface area contributed by atoms with Crippen molar-refractivity contribution in [2.75, 3.05) is 19.0 Å². The molecule has 0 spiro atoms. The van der Waals surface area contributed by atoms with E-state index >= 15 is 0 Å². The van der Waals surface area contributed by atoms with E-state index < -0.39 is 17.0 Å². The Balaban J connectivity index is 1.47. The van der Waals surface area contributed by atoms with Crippen LogP contribution in [0.1, 0.15) is 16.7 Å². The quantitative estimate of drug-likeness (QED) is 0.279. The molecule has 196 valence electrons. The van der Waals surface area contributed by atoms with Crippen LogP contribution in [0.4, 0.5) is 14.9 Å². The Kier molecular flexibility index (Phi) is 8.76. The SMILES string of the molecule is COc1cc(/C=C2\SC(=O)N(Cc3ccc(F)cc3Cl)C2=O)cc(Br)c1OCC(=O)Nc1cccc(C)c1. The van der Waals surface area contributed by atoms with Crippen molar-refractivity contribution >= 4 is 68.1 Å². The third-order valence-corrected chi connectivity index (χ3v) is 7.26. The van der Waals surface area contributed by atoms with Crippen molar-refractivity contribution in [2.45, 2.75) is 13.5 Å². The molecule has 1 saturated heterocycles. The van der Waals surface area contributed by atoms with Crippen LogP contribution in [0.15, 0.2) is 64.0 Å². The third-order valence-electron chi connectivity index (χ3n) is 5.42. The predicted octanol–water partition coefficient (Wildman–Crippen LogP) is 6.81. The van der Waals surface area contributed by atoms with Gasteiger partial charge in [0, 0.05) is 10.7 Å². The Morgan fingerprint density at radius 3 is 2.68 bits per heavy atom. The molecule has 0 aliphatic carbocycles. The number of imide groups is 1. The Hall–Kier alpha value is -3.34. The number of halogens is 3. The summed E-state index contributed by atoms with van der Waals surface area (Å²) in [6.07, 6.45) is 1.55. The lowest BCUT2D eigenvalue weighted by atomic mass is 10.1. The number of nitrogens with zero attached hydrogens (tertiary/aromatic N) is 1. The maximum atomic E-state index is 13.3. The lowest BCUT2D eigenvalue weighted by Crippen LogP contribution is -2.27. The number of nitrogens with one attached hydrogen (secondary N) is 1. The highest BCUT2D eigenvalue weighted by Crippen LogP contribution is 2.39. The number of anilines is 1. The fourth-order valence-electron chi connectivity index (χ4n) is 3.63. The van der Waals surface area contributed by atoms with Gasteiger partial charge in [0.1, 0.15) is 5.82 Å². The molecular formula is C27H21BrClFN2O5S. The van der Waals surface area contributed by atoms with Crippen LogP contribution >= 0.6 is 39.3 Å². The highest BCUT2D eigenvalue weighted by atomic mass is 79.9. The normalized spacial score (nSPS) is 14.2. The van der Waals surface area contributed by atoms with E-state index in [4.69, 9.17) is 21.1 Å². The van der Waals surface area contributed by atoms with Gasteiger partial charge in [-0.3, -0.25) is 19.3 Å². The summed E-state index contributed by atoms with van der Waals surface area (Å²) in [5.74, 6) is -0.715. The van der Waals surface area contributed by atoms with Crippen LogP contribution in [0.2, 0.25) is 5.02 Å². The fourth-order valence-corrected chi connectivity index (χ4v) is 5.27. The second-order valence-corrected chi connectivity index (χ2v) is 10.5. The lowest BCUT2D eigenvalue weighted by molar-refractivity contribution is -0.123. The molecule has 0 unspecified atom stereocenters. The van der Waals surface area contributed by atoms with Gasteiger partial charge < -0.3 is 14.8 Å². The summed E-state index contributed by atoms with van der Waals surface area (Å²) < 4.78 is 25.0. The van der Waals surface area contributed by atoms with Gasteiger partial charge in [0.25, 0.3) is 17.1 Å². The number of carbonyl (C=O) groups is 3. The molecule has 38 heavy (non-hydrogen) atoms. The van der Waals surface area contributed by atoms with Gasteiger partial charge in [0.2, 0.25) is 0 Å². The van der Waals surface area contributed by atoms with Crippen molar-refractivity contribution in [1.29, 1.82) is 0 Å². The number of amides is 3. The van der Waals surface area contributed by atoms with Gasteiger partial charge in [0.05, 0.1) is 23.0 Å². The summed E-state index contributed by atoms with van der Waals surface area (Å²) in [6, 6.07) is 14.5. The first-order chi connectivity index (χ1) is 18.1. The number of thioether (sulfide) groups is 1. The molecule has 1 heterocycles. The number of ether oxygens (including phenoxy) is 2. The second-order valence-electron chi connectivity index (χ2n) is 8.24. The first kappa shape index (κ1) is 27.7. The molecule has 1 aliphatic rings. The number of carbonyl (C=O) groups excluding carboxylic acids is 3. The molecular weight excluding hydrogens is 599 g/mol. The van der Waals surface area contributed by atoms with Gasteiger partial charge in [-0.05, 0) is 93.8 Å². The lowest BCUT2D eigenvalue weighted by Gasteiger charge is -2.14. The second kappa shape index (κ2) is 12.0. The smallest absolute Gasteiger partial charge is 0.293 e. The molecule has 11 heteroatoms. The summed E-state index contributed by atoms with van der Waals surface area (Å²) in [5, 5.41) is 2.44. The molecule has 0 bridgehead atoms. The monoisotopic (exact) mass is 618 g/mol. The highest BCUT2D eigenvalue weighted by Gasteiger charge is 2.35. The van der Waals surface area contributed by atoms with Gasteiger partial charge in [-0.25, -0.2) is 4.39 Å². The number of hydrogen-bond acceptors (Lipinski definition) is 6. The van der Waals surface area contributed by atoms with Crippen LogP contribution in [-0.2, 0) is 16.1 Å². The minimum atomic E-state index is -0.508. The van der Waals surface area contributed by atoms with E-state index in [2.05, 4.69) is 21.2 Å². The molecule has 4 rings (SSSR count). The zero-order valence-electron chi connectivity index (χ0n) is 20.2. The van der Waals surface area contributed by atoms with Crippen LogP contribution in [0.25, 0.3) is 6.08 Å². The molecule has 0 radical (unpaired) electrons. The molecule has 1 fully saturated rings. The van der Waals surface area contributed by atoms with Crippen LogP contribution in [0.5, 0.6) is 11.5 Å². The van der Waals surface area contributed by atoms with E-state index in [1.807, 2.05) is 25.1 Å². The van der Waals surface area contributed by atoms with E-state index in [9.17, 15) is 18.8 Å². The molecule has 7 nitrogen and oxygen atoms in total. The van der Waals surface area contributed by atoms with Gasteiger partial charge in [0.15, 0.2) is 18.1 Å². The van der Waals surface area contributed by atoms with Crippen molar-refractivity contribution in [2.24, 2.45) is 0 Å². The molecule has 3 aromatic rings. The van der Waals surface area contributed by atoms with Crippen LogP contribution in [0, 0.1) is 12.7 Å². The molecule has 3 aromatic carbocycles. The number of hydrogen-bond donors (Lipinski definition) is 1. The average Bonchev–Trinajstić information content (AvgIpc) is 3.11. The molecule has 1 aliphatic heterocycles. The number of aryl methyl sites for hydroxylation is 1. The number of rotatable bonds is 8. The van der Waals surface area contributed by atoms with Crippen LogP contribution in [0.3, 0.4) is 0 Å². The first-order valence-electron chi connectivity index (χ1n) is 11.2. The van der Waals surface area contributed by atoms with E-state index in [0.717, 1.165) is 28.3 Å². The minimum Gasteiger partial charge on any atom is -0.493 e. The fraction of sp³-hybridized carbons (Fsp3) is 0.148. The van der Waals surface area contributed by atoms with Gasteiger partial charge in [-0.1, -0.05) is 29.8 Å². The van der Waals surface area contributed by atoms with Gasteiger partial charge in [-0.2, -0.15) is 0 Å². The highest BCUT2D eigenvalue weighted by molar-refractivity contribution is 9.10. The molecule has 0 saturated carbocycles. The largest absolute Gasteiger partial charge is 0.493 e.